The van der Waals surface area contributed by atoms with Crippen molar-refractivity contribution in [1.29, 1.82) is 0 Å². The SMILES string of the molecule is CCOC(=O)c1c(NC(=O)COC(=O)CCC(=O)c2ccc3c(c2)OCCO3)sc(C)c1C. The number of esters is 2. The highest BCUT2D eigenvalue weighted by Gasteiger charge is 2.22. The monoisotopic (exact) mass is 475 g/mol. The van der Waals surface area contributed by atoms with Gasteiger partial charge in [0.25, 0.3) is 5.91 Å². The Hall–Kier alpha value is -3.40. The van der Waals surface area contributed by atoms with E-state index in [0.717, 1.165) is 10.4 Å². The van der Waals surface area contributed by atoms with Crippen LogP contribution in [0.15, 0.2) is 18.2 Å². The number of ketones is 1. The number of anilines is 1. The van der Waals surface area contributed by atoms with Crippen LogP contribution in [-0.4, -0.2) is 50.1 Å². The molecule has 0 bridgehead atoms. The molecule has 1 aliphatic heterocycles. The van der Waals surface area contributed by atoms with Gasteiger partial charge in [0.05, 0.1) is 18.6 Å². The van der Waals surface area contributed by atoms with E-state index < -0.39 is 24.5 Å². The Kier molecular flexibility index (Phi) is 8.05. The van der Waals surface area contributed by atoms with Crippen LogP contribution in [0.3, 0.4) is 0 Å². The van der Waals surface area contributed by atoms with E-state index in [-0.39, 0.29) is 25.2 Å². The second-order valence-electron chi connectivity index (χ2n) is 7.20. The number of hydrogen-bond acceptors (Lipinski definition) is 9. The molecule has 2 heterocycles. The van der Waals surface area contributed by atoms with Gasteiger partial charge in [-0.05, 0) is 44.5 Å². The molecule has 10 heteroatoms. The van der Waals surface area contributed by atoms with Gasteiger partial charge >= 0.3 is 11.9 Å². The minimum Gasteiger partial charge on any atom is -0.486 e. The average molecular weight is 476 g/mol. The van der Waals surface area contributed by atoms with Crippen molar-refractivity contribution in [3.63, 3.8) is 0 Å². The van der Waals surface area contributed by atoms with E-state index in [9.17, 15) is 19.2 Å². The van der Waals surface area contributed by atoms with Crippen LogP contribution in [0.2, 0.25) is 0 Å². The Morgan fingerprint density at radius 2 is 1.76 bits per heavy atom. The zero-order valence-corrected chi connectivity index (χ0v) is 19.5. The first-order chi connectivity index (χ1) is 15.8. The summed E-state index contributed by atoms with van der Waals surface area (Å²) in [6.07, 6.45) is -0.248. The first-order valence-electron chi connectivity index (χ1n) is 10.5. The molecule has 0 saturated carbocycles. The number of carbonyl (C=O) groups excluding carboxylic acids is 4. The molecule has 0 spiro atoms. The number of benzene rings is 1. The molecule has 3 rings (SSSR count). The minimum absolute atomic E-state index is 0.0730. The van der Waals surface area contributed by atoms with Crippen molar-refractivity contribution in [2.45, 2.75) is 33.6 Å². The molecule has 0 fully saturated rings. The number of aryl methyl sites for hydroxylation is 1. The van der Waals surface area contributed by atoms with Gasteiger partial charge in [-0.15, -0.1) is 11.3 Å². The molecule has 9 nitrogen and oxygen atoms in total. The molecule has 176 valence electrons. The maximum Gasteiger partial charge on any atom is 0.341 e. The summed E-state index contributed by atoms with van der Waals surface area (Å²) in [4.78, 5) is 49.7. The molecule has 1 aliphatic rings. The van der Waals surface area contributed by atoms with Gasteiger partial charge in [-0.1, -0.05) is 0 Å². The Balaban J connectivity index is 1.48. The molecule has 0 atom stereocenters. The van der Waals surface area contributed by atoms with Gasteiger partial charge in [0.2, 0.25) is 0 Å². The second kappa shape index (κ2) is 11.0. The van der Waals surface area contributed by atoms with Gasteiger partial charge in [-0.25, -0.2) is 4.79 Å². The largest absolute Gasteiger partial charge is 0.486 e. The summed E-state index contributed by atoms with van der Waals surface area (Å²) in [5, 5.41) is 2.94. The maximum atomic E-state index is 12.4. The highest BCUT2D eigenvalue weighted by Crippen LogP contribution is 2.33. The zero-order valence-electron chi connectivity index (χ0n) is 18.6. The normalized spacial score (nSPS) is 12.1. The number of nitrogens with one attached hydrogen (secondary N) is 1. The quantitative estimate of drug-likeness (QED) is 0.433. The van der Waals surface area contributed by atoms with Crippen LogP contribution in [0, 0.1) is 13.8 Å². The van der Waals surface area contributed by atoms with E-state index in [1.165, 1.54) is 11.3 Å². The minimum atomic E-state index is -0.680. The number of carbonyl (C=O) groups is 4. The van der Waals surface area contributed by atoms with Crippen LogP contribution >= 0.6 is 11.3 Å². The van der Waals surface area contributed by atoms with Crippen molar-refractivity contribution < 1.29 is 38.1 Å². The Labute approximate surface area is 195 Å². The summed E-state index contributed by atoms with van der Waals surface area (Å²) in [5.74, 6) is -0.979. The predicted octanol–water partition coefficient (Wildman–Crippen LogP) is 3.46. The Bertz CT molecular complexity index is 1070. The lowest BCUT2D eigenvalue weighted by atomic mass is 10.1. The fourth-order valence-electron chi connectivity index (χ4n) is 3.12. The molecule has 0 saturated heterocycles. The molecule has 1 N–H and O–H groups in total. The number of amides is 1. The zero-order chi connectivity index (χ0) is 24.0. The van der Waals surface area contributed by atoms with Gasteiger partial charge in [0.1, 0.15) is 18.2 Å². The summed E-state index contributed by atoms with van der Waals surface area (Å²) in [6, 6.07) is 4.85. The smallest absolute Gasteiger partial charge is 0.341 e. The molecular weight excluding hydrogens is 450 g/mol. The van der Waals surface area contributed by atoms with Gasteiger partial charge in [-0.3, -0.25) is 14.4 Å². The van der Waals surface area contributed by atoms with Gasteiger partial charge in [0, 0.05) is 16.9 Å². The third kappa shape index (κ3) is 6.10. The van der Waals surface area contributed by atoms with Crippen LogP contribution in [0.1, 0.15) is 50.9 Å². The molecule has 1 aromatic carbocycles. The van der Waals surface area contributed by atoms with Crippen LogP contribution < -0.4 is 14.8 Å². The van der Waals surface area contributed by atoms with E-state index in [0.29, 0.717) is 40.8 Å². The van der Waals surface area contributed by atoms with E-state index in [2.05, 4.69) is 5.32 Å². The summed E-state index contributed by atoms with van der Waals surface area (Å²) in [6.45, 7) is 5.84. The highest BCUT2D eigenvalue weighted by molar-refractivity contribution is 7.16. The lowest BCUT2D eigenvalue weighted by Gasteiger charge is -2.18. The standard InChI is InChI=1S/C23H25NO8S/c1-4-29-23(28)21-13(2)14(3)33-22(21)24-19(26)12-32-20(27)8-6-16(25)15-5-7-17-18(11-15)31-10-9-30-17/h5,7,11H,4,6,8-10,12H2,1-3H3,(H,24,26). The second-order valence-corrected chi connectivity index (χ2v) is 8.42. The highest BCUT2D eigenvalue weighted by atomic mass is 32.1. The van der Waals surface area contributed by atoms with Crippen LogP contribution in [0.25, 0.3) is 0 Å². The number of thiophene rings is 1. The number of hydrogen-bond donors (Lipinski definition) is 1. The molecular formula is C23H25NO8S. The van der Waals surface area contributed by atoms with E-state index in [4.69, 9.17) is 18.9 Å². The van der Waals surface area contributed by atoms with Crippen LogP contribution in [-0.2, 0) is 19.1 Å². The van der Waals surface area contributed by atoms with Crippen molar-refractivity contribution in [3.8, 4) is 11.5 Å². The number of ether oxygens (including phenoxy) is 4. The van der Waals surface area contributed by atoms with Crippen molar-refractivity contribution >= 4 is 40.0 Å². The molecule has 0 radical (unpaired) electrons. The molecule has 33 heavy (non-hydrogen) atoms. The predicted molar refractivity (Wildman–Crippen MR) is 120 cm³/mol. The lowest BCUT2D eigenvalue weighted by molar-refractivity contribution is -0.147. The topological polar surface area (TPSA) is 117 Å². The average Bonchev–Trinajstić information content (AvgIpc) is 3.08. The molecule has 0 aliphatic carbocycles. The van der Waals surface area contributed by atoms with E-state index in [1.807, 2.05) is 6.92 Å². The van der Waals surface area contributed by atoms with Crippen LogP contribution in [0.5, 0.6) is 11.5 Å². The molecule has 1 amide bonds. The molecule has 0 unspecified atom stereocenters. The van der Waals surface area contributed by atoms with Crippen molar-refractivity contribution in [2.75, 3.05) is 31.7 Å². The fraction of sp³-hybridized carbons (Fsp3) is 0.391. The van der Waals surface area contributed by atoms with Gasteiger partial charge in [0.15, 0.2) is 23.9 Å². The third-order valence-electron chi connectivity index (χ3n) is 4.90. The first-order valence-corrected chi connectivity index (χ1v) is 11.3. The van der Waals surface area contributed by atoms with E-state index in [1.54, 1.807) is 32.0 Å². The Morgan fingerprint density at radius 3 is 2.48 bits per heavy atom. The third-order valence-corrected chi connectivity index (χ3v) is 6.03. The summed E-state index contributed by atoms with van der Waals surface area (Å²) in [5.41, 5.74) is 1.42. The van der Waals surface area contributed by atoms with Gasteiger partial charge < -0.3 is 24.3 Å². The maximum absolute atomic E-state index is 12.4. The Morgan fingerprint density at radius 1 is 1.03 bits per heavy atom. The lowest BCUT2D eigenvalue weighted by Crippen LogP contribution is -2.22. The van der Waals surface area contributed by atoms with Crippen molar-refractivity contribution in [2.24, 2.45) is 0 Å². The van der Waals surface area contributed by atoms with Crippen molar-refractivity contribution in [1.82, 2.24) is 0 Å². The number of rotatable bonds is 9. The van der Waals surface area contributed by atoms with E-state index >= 15 is 0 Å². The molecule has 2 aromatic rings. The molecule has 1 aromatic heterocycles. The van der Waals surface area contributed by atoms with Gasteiger partial charge in [-0.2, -0.15) is 0 Å². The summed E-state index contributed by atoms with van der Waals surface area (Å²) in [7, 11) is 0. The van der Waals surface area contributed by atoms with Crippen LogP contribution in [0.4, 0.5) is 5.00 Å². The fourth-order valence-corrected chi connectivity index (χ4v) is 4.19. The van der Waals surface area contributed by atoms with Crippen molar-refractivity contribution in [3.05, 3.63) is 39.8 Å². The summed E-state index contributed by atoms with van der Waals surface area (Å²) >= 11 is 1.24. The first kappa shape index (κ1) is 24.2. The number of Topliss-reactive ketones (excluding diaryl/α,β-unsaturated/α-hetero) is 1. The summed E-state index contributed by atoms with van der Waals surface area (Å²) < 4.78 is 20.9. The number of fused-ring (bicyclic) bond motifs is 1.